The van der Waals surface area contributed by atoms with Crippen LogP contribution in [0.5, 0.6) is 11.5 Å². The molecule has 2 aromatic rings. The Bertz CT molecular complexity index is 1100. The number of halogens is 1. The van der Waals surface area contributed by atoms with Crippen molar-refractivity contribution in [3.63, 3.8) is 0 Å². The monoisotopic (exact) mass is 524 g/mol. The lowest BCUT2D eigenvalue weighted by atomic mass is 9.98. The molecule has 174 valence electrons. The van der Waals surface area contributed by atoms with Gasteiger partial charge in [0.2, 0.25) is 15.9 Å². The number of carbonyl (C=O) groups is 1. The van der Waals surface area contributed by atoms with Crippen LogP contribution in [0.2, 0.25) is 0 Å². The van der Waals surface area contributed by atoms with Gasteiger partial charge >= 0.3 is 0 Å². The Morgan fingerprint density at radius 2 is 1.97 bits per heavy atom. The highest BCUT2D eigenvalue weighted by molar-refractivity contribution is 9.10. The van der Waals surface area contributed by atoms with E-state index in [2.05, 4.69) is 21.2 Å². The lowest BCUT2D eigenvalue weighted by Crippen LogP contribution is -2.43. The average molecular weight is 525 g/mol. The fourth-order valence-electron chi connectivity index (χ4n) is 3.99. The summed E-state index contributed by atoms with van der Waals surface area (Å²) in [7, 11) is -0.951. The number of carbonyl (C=O) groups excluding carboxylic acids is 1. The molecule has 0 unspecified atom stereocenters. The number of hydrogen-bond donors (Lipinski definition) is 1. The molecule has 0 aliphatic carbocycles. The summed E-state index contributed by atoms with van der Waals surface area (Å²) >= 11 is 3.50. The van der Waals surface area contributed by atoms with Crippen LogP contribution in [0.1, 0.15) is 30.9 Å². The van der Waals surface area contributed by atoms with Crippen molar-refractivity contribution >= 4 is 37.5 Å². The molecule has 32 heavy (non-hydrogen) atoms. The van der Waals surface area contributed by atoms with Gasteiger partial charge in [-0.2, -0.15) is 4.31 Å². The number of aryl methyl sites for hydroxylation is 2. The minimum absolute atomic E-state index is 0.0393. The van der Waals surface area contributed by atoms with Gasteiger partial charge in [0.15, 0.2) is 0 Å². The highest BCUT2D eigenvalue weighted by atomic mass is 79.9. The Morgan fingerprint density at radius 1 is 1.22 bits per heavy atom. The van der Waals surface area contributed by atoms with Crippen molar-refractivity contribution in [3.05, 3.63) is 45.9 Å². The van der Waals surface area contributed by atoms with E-state index in [4.69, 9.17) is 9.47 Å². The van der Waals surface area contributed by atoms with E-state index >= 15 is 0 Å². The second kappa shape index (κ2) is 10.2. The summed E-state index contributed by atoms with van der Waals surface area (Å²) in [6, 6.07) is 8.63. The van der Waals surface area contributed by atoms with Crippen LogP contribution in [0.4, 0.5) is 5.69 Å². The lowest BCUT2D eigenvalue weighted by Gasteiger charge is -2.32. The molecule has 0 bridgehead atoms. The van der Waals surface area contributed by atoms with Crippen LogP contribution in [-0.4, -0.2) is 45.9 Å². The van der Waals surface area contributed by atoms with Crippen LogP contribution in [0, 0.1) is 12.8 Å². The first kappa shape index (κ1) is 24.5. The molecule has 3 rings (SSSR count). The van der Waals surface area contributed by atoms with E-state index in [1.54, 1.807) is 12.1 Å². The molecule has 7 nitrogen and oxygen atoms in total. The molecule has 9 heteroatoms. The third-order valence-electron chi connectivity index (χ3n) is 5.75. The van der Waals surface area contributed by atoms with E-state index < -0.39 is 15.9 Å². The number of nitrogens with one attached hydrogen (secondary N) is 1. The largest absolute Gasteiger partial charge is 0.497 e. The van der Waals surface area contributed by atoms with Gasteiger partial charge in [-0.15, -0.1) is 0 Å². The molecule has 1 N–H and O–H groups in total. The fraction of sp³-hybridized carbons (Fsp3) is 0.435. The molecule has 0 aromatic heterocycles. The van der Waals surface area contributed by atoms with Gasteiger partial charge in [0.05, 0.1) is 20.1 Å². The third kappa shape index (κ3) is 5.10. The molecule has 1 amide bonds. The van der Waals surface area contributed by atoms with Gasteiger partial charge in [-0.1, -0.05) is 22.9 Å². The number of anilines is 1. The van der Waals surface area contributed by atoms with Gasteiger partial charge in [0.1, 0.15) is 16.4 Å². The fourth-order valence-corrected chi connectivity index (χ4v) is 6.31. The molecule has 1 aliphatic heterocycles. The number of ether oxygens (including phenoxy) is 2. The molecular weight excluding hydrogens is 496 g/mol. The molecule has 0 spiro atoms. The molecular formula is C23H29BrN2O5S. The molecule has 0 radical (unpaired) electrons. The molecule has 1 saturated heterocycles. The van der Waals surface area contributed by atoms with E-state index in [1.807, 2.05) is 26.0 Å². The zero-order valence-corrected chi connectivity index (χ0v) is 21.2. The minimum atomic E-state index is -3.86. The maximum Gasteiger partial charge on any atom is 0.246 e. The van der Waals surface area contributed by atoms with Crippen LogP contribution < -0.4 is 14.8 Å². The van der Waals surface area contributed by atoms with Gasteiger partial charge in [0.25, 0.3) is 0 Å². The van der Waals surface area contributed by atoms with Crippen molar-refractivity contribution in [2.75, 3.05) is 32.6 Å². The standard InChI is InChI=1S/C23H29BrN2O5S/c1-5-16-12-18(24)11-15(2)22(16)25-23(27)17-7-6-10-26(14-17)32(28,29)21-13-19(30-3)8-9-20(21)31-4/h8-9,11-13,17H,5-7,10,14H2,1-4H3,(H,25,27)/t17-/m0/s1. The SMILES string of the molecule is CCc1cc(Br)cc(C)c1NC(=O)[C@H]1CCCN(S(=O)(=O)c2cc(OC)ccc2OC)C1. The van der Waals surface area contributed by atoms with E-state index in [1.165, 1.54) is 24.6 Å². The van der Waals surface area contributed by atoms with Gasteiger partial charge in [0, 0.05) is 29.3 Å². The number of piperidine rings is 1. The highest BCUT2D eigenvalue weighted by Gasteiger charge is 2.35. The Balaban J connectivity index is 1.83. The Morgan fingerprint density at radius 3 is 2.62 bits per heavy atom. The number of sulfonamides is 1. The summed E-state index contributed by atoms with van der Waals surface area (Å²) in [4.78, 5) is 13.2. The quantitative estimate of drug-likeness (QED) is 0.580. The van der Waals surface area contributed by atoms with Crippen molar-refractivity contribution in [1.82, 2.24) is 4.31 Å². The highest BCUT2D eigenvalue weighted by Crippen LogP contribution is 2.33. The van der Waals surface area contributed by atoms with Crippen LogP contribution in [0.25, 0.3) is 0 Å². The molecule has 2 aromatic carbocycles. The Hall–Kier alpha value is -2.10. The lowest BCUT2D eigenvalue weighted by molar-refractivity contribution is -0.120. The van der Waals surface area contributed by atoms with E-state index in [0.717, 1.165) is 27.7 Å². The number of rotatable bonds is 7. The van der Waals surface area contributed by atoms with Crippen LogP contribution in [0.15, 0.2) is 39.7 Å². The second-order valence-corrected chi connectivity index (χ2v) is 10.6. The summed E-state index contributed by atoms with van der Waals surface area (Å²) < 4.78 is 39.6. The van der Waals surface area contributed by atoms with Crippen molar-refractivity contribution in [2.45, 2.75) is 38.0 Å². The molecule has 1 aliphatic rings. The molecule has 1 atom stereocenters. The number of amides is 1. The zero-order valence-electron chi connectivity index (χ0n) is 18.8. The summed E-state index contributed by atoms with van der Waals surface area (Å²) in [6.45, 7) is 4.45. The molecule has 1 heterocycles. The van der Waals surface area contributed by atoms with E-state index in [9.17, 15) is 13.2 Å². The predicted octanol–water partition coefficient (Wildman–Crippen LogP) is 4.38. The summed E-state index contributed by atoms with van der Waals surface area (Å²) in [5, 5.41) is 3.05. The van der Waals surface area contributed by atoms with Crippen LogP contribution in [0.3, 0.4) is 0 Å². The maximum atomic E-state index is 13.4. The Labute approximate surface area is 198 Å². The maximum absolute atomic E-state index is 13.4. The third-order valence-corrected chi connectivity index (χ3v) is 8.10. The predicted molar refractivity (Wildman–Crippen MR) is 128 cm³/mol. The van der Waals surface area contributed by atoms with Gasteiger partial charge in [-0.25, -0.2) is 8.42 Å². The Kier molecular flexibility index (Phi) is 7.84. The van der Waals surface area contributed by atoms with Crippen LogP contribution in [-0.2, 0) is 21.2 Å². The van der Waals surface area contributed by atoms with Crippen molar-refractivity contribution in [1.29, 1.82) is 0 Å². The van der Waals surface area contributed by atoms with Crippen molar-refractivity contribution < 1.29 is 22.7 Å². The summed E-state index contributed by atoms with van der Waals surface area (Å²) in [5.74, 6) is 0.0643. The molecule has 0 saturated carbocycles. The van der Waals surface area contributed by atoms with Crippen molar-refractivity contribution in [2.24, 2.45) is 5.92 Å². The smallest absolute Gasteiger partial charge is 0.246 e. The van der Waals surface area contributed by atoms with Gasteiger partial charge < -0.3 is 14.8 Å². The first-order chi connectivity index (χ1) is 15.2. The van der Waals surface area contributed by atoms with Crippen LogP contribution >= 0.6 is 15.9 Å². The summed E-state index contributed by atoms with van der Waals surface area (Å²) in [5.41, 5.74) is 2.80. The number of methoxy groups -OCH3 is 2. The van der Waals surface area contributed by atoms with Crippen molar-refractivity contribution in [3.8, 4) is 11.5 Å². The first-order valence-electron chi connectivity index (χ1n) is 10.5. The van der Waals surface area contributed by atoms with E-state index in [0.29, 0.717) is 25.1 Å². The first-order valence-corrected chi connectivity index (χ1v) is 12.8. The number of nitrogens with zero attached hydrogens (tertiary/aromatic N) is 1. The number of hydrogen-bond acceptors (Lipinski definition) is 5. The average Bonchev–Trinajstić information content (AvgIpc) is 2.80. The van der Waals surface area contributed by atoms with Gasteiger partial charge in [-0.3, -0.25) is 4.79 Å². The normalized spacial score (nSPS) is 17.1. The zero-order chi connectivity index (χ0) is 23.5. The molecule has 1 fully saturated rings. The number of benzene rings is 2. The second-order valence-electron chi connectivity index (χ2n) is 7.82. The summed E-state index contributed by atoms with van der Waals surface area (Å²) in [6.07, 6.45) is 2.00. The minimum Gasteiger partial charge on any atom is -0.497 e. The topological polar surface area (TPSA) is 84.9 Å². The van der Waals surface area contributed by atoms with E-state index in [-0.39, 0.29) is 23.1 Å². The van der Waals surface area contributed by atoms with Gasteiger partial charge in [-0.05, 0) is 61.6 Å².